The molecule has 0 aliphatic rings. The summed E-state index contributed by atoms with van der Waals surface area (Å²) in [5.74, 6) is -1.12. The first-order chi connectivity index (χ1) is 10.8. The third-order valence-corrected chi connectivity index (χ3v) is 3.82. The van der Waals surface area contributed by atoms with E-state index in [4.69, 9.17) is 5.11 Å². The first kappa shape index (κ1) is 19.1. The van der Waals surface area contributed by atoms with Gasteiger partial charge in [0, 0.05) is 18.1 Å². The number of carboxylic acids is 1. The van der Waals surface area contributed by atoms with Crippen molar-refractivity contribution < 1.29 is 19.5 Å². The molecule has 0 amide bonds. The summed E-state index contributed by atoms with van der Waals surface area (Å²) < 4.78 is -0.345. The monoisotopic (exact) mass is 324 g/mol. The first-order valence-electron chi connectivity index (χ1n) is 7.87. The summed E-state index contributed by atoms with van der Waals surface area (Å²) in [5, 5.41) is 32.8. The van der Waals surface area contributed by atoms with Crippen molar-refractivity contribution in [3.05, 3.63) is 44.6 Å². The van der Waals surface area contributed by atoms with E-state index in [1.807, 2.05) is 13.8 Å². The highest BCUT2D eigenvalue weighted by Crippen LogP contribution is 2.24. The Morgan fingerprint density at radius 1 is 1.22 bits per heavy atom. The molecule has 0 aliphatic carbocycles. The molecular weight excluding hydrogens is 300 g/mol. The predicted octanol–water partition coefficient (Wildman–Crippen LogP) is 2.90. The normalized spacial score (nSPS) is 11.4. The Morgan fingerprint density at radius 3 is 2.30 bits per heavy atom. The van der Waals surface area contributed by atoms with Crippen LogP contribution in [0.25, 0.3) is 0 Å². The molecule has 7 nitrogen and oxygen atoms in total. The number of nitrogens with zero attached hydrogens (tertiary/aromatic N) is 2. The standard InChI is InChI=1S/C16H24N2O5/c1-3-9-18(23,10-4-2)11-8-13-6-5-7-15(17(21)22)14(13)12-16(19)20/h5-7H,3-4,8-12H2,1-2H3,(H,19,20). The van der Waals surface area contributed by atoms with Crippen molar-refractivity contribution >= 4 is 11.7 Å². The van der Waals surface area contributed by atoms with Gasteiger partial charge in [0.25, 0.3) is 5.69 Å². The Balaban J connectivity index is 3.05. The molecule has 0 radical (unpaired) electrons. The van der Waals surface area contributed by atoms with E-state index < -0.39 is 17.3 Å². The molecule has 0 saturated carbocycles. The molecule has 0 fully saturated rings. The molecule has 0 saturated heterocycles. The van der Waals surface area contributed by atoms with Gasteiger partial charge < -0.3 is 15.0 Å². The summed E-state index contributed by atoms with van der Waals surface area (Å²) >= 11 is 0. The Hall–Kier alpha value is -1.99. The fraction of sp³-hybridized carbons (Fsp3) is 0.562. The van der Waals surface area contributed by atoms with E-state index in [1.54, 1.807) is 6.07 Å². The Labute approximate surface area is 135 Å². The zero-order valence-electron chi connectivity index (χ0n) is 13.7. The van der Waals surface area contributed by atoms with Crippen LogP contribution in [0.4, 0.5) is 5.69 Å². The second-order valence-electron chi connectivity index (χ2n) is 5.72. The number of quaternary nitrogens is 1. The van der Waals surface area contributed by atoms with Crippen LogP contribution in [-0.4, -0.2) is 40.3 Å². The maximum atomic E-state index is 12.7. The molecule has 1 rings (SSSR count). The van der Waals surface area contributed by atoms with E-state index in [0.29, 0.717) is 31.6 Å². The van der Waals surface area contributed by atoms with Crippen LogP contribution in [0.1, 0.15) is 37.8 Å². The van der Waals surface area contributed by atoms with Crippen molar-refractivity contribution in [1.29, 1.82) is 0 Å². The van der Waals surface area contributed by atoms with Crippen LogP contribution in [0.15, 0.2) is 18.2 Å². The second kappa shape index (κ2) is 8.59. The lowest BCUT2D eigenvalue weighted by molar-refractivity contribution is -0.880. The summed E-state index contributed by atoms with van der Waals surface area (Å²) in [6.07, 6.45) is 1.46. The molecule has 0 unspecified atom stereocenters. The third kappa shape index (κ3) is 5.61. The van der Waals surface area contributed by atoms with Crippen LogP contribution < -0.4 is 0 Å². The second-order valence-corrected chi connectivity index (χ2v) is 5.72. The van der Waals surface area contributed by atoms with Gasteiger partial charge in [-0.2, -0.15) is 0 Å². The summed E-state index contributed by atoms with van der Waals surface area (Å²) in [6.45, 7) is 5.19. The number of nitro benzene ring substituents is 1. The highest BCUT2D eigenvalue weighted by Gasteiger charge is 2.22. The van der Waals surface area contributed by atoms with Crippen molar-refractivity contribution in [2.45, 2.75) is 39.5 Å². The van der Waals surface area contributed by atoms with E-state index in [9.17, 15) is 20.1 Å². The van der Waals surface area contributed by atoms with Crippen LogP contribution in [0.5, 0.6) is 0 Å². The van der Waals surface area contributed by atoms with Gasteiger partial charge in [-0.3, -0.25) is 14.9 Å². The average molecular weight is 324 g/mol. The molecular formula is C16H24N2O5. The predicted molar refractivity (Wildman–Crippen MR) is 87.0 cm³/mol. The van der Waals surface area contributed by atoms with Gasteiger partial charge in [0.1, 0.15) is 0 Å². The molecule has 7 heteroatoms. The summed E-state index contributed by atoms with van der Waals surface area (Å²) in [4.78, 5) is 21.6. The smallest absolute Gasteiger partial charge is 0.308 e. The van der Waals surface area contributed by atoms with Crippen LogP contribution in [-0.2, 0) is 17.6 Å². The molecule has 1 N–H and O–H groups in total. The summed E-state index contributed by atoms with van der Waals surface area (Å²) in [5.41, 5.74) is 0.580. The lowest BCUT2D eigenvalue weighted by Crippen LogP contribution is -2.45. The number of benzene rings is 1. The van der Waals surface area contributed by atoms with Gasteiger partial charge in [-0.1, -0.05) is 26.0 Å². The number of hydroxylamine groups is 3. The number of hydrogen-bond acceptors (Lipinski definition) is 4. The molecule has 0 bridgehead atoms. The fourth-order valence-corrected chi connectivity index (χ4v) is 2.86. The van der Waals surface area contributed by atoms with E-state index in [2.05, 4.69) is 0 Å². The number of carbonyl (C=O) groups is 1. The maximum absolute atomic E-state index is 12.7. The topological polar surface area (TPSA) is 104 Å². The van der Waals surface area contributed by atoms with Gasteiger partial charge in [-0.25, -0.2) is 0 Å². The molecule has 0 heterocycles. The molecule has 128 valence electrons. The molecule has 23 heavy (non-hydrogen) atoms. The van der Waals surface area contributed by atoms with Gasteiger partial charge in [-0.15, -0.1) is 0 Å². The largest absolute Gasteiger partial charge is 0.633 e. The van der Waals surface area contributed by atoms with Crippen LogP contribution in [0.2, 0.25) is 0 Å². The SMILES string of the molecule is CCC[N+]([O-])(CCC)CCc1cccc([N+](=O)[O-])c1CC(=O)O. The quantitative estimate of drug-likeness (QED) is 0.405. The van der Waals surface area contributed by atoms with Gasteiger partial charge in [0.2, 0.25) is 0 Å². The molecule has 0 spiro atoms. The van der Waals surface area contributed by atoms with Gasteiger partial charge in [0.05, 0.1) is 31.0 Å². The lowest BCUT2D eigenvalue weighted by Gasteiger charge is -2.42. The lowest BCUT2D eigenvalue weighted by atomic mass is 9.99. The number of carboxylic acid groups (broad SMARTS) is 1. The number of nitro groups is 1. The fourth-order valence-electron chi connectivity index (χ4n) is 2.86. The van der Waals surface area contributed by atoms with Crippen LogP contribution in [0.3, 0.4) is 0 Å². The van der Waals surface area contributed by atoms with Gasteiger partial charge in [-0.05, 0) is 18.4 Å². The molecule has 0 aromatic heterocycles. The molecule has 0 aliphatic heterocycles. The zero-order valence-corrected chi connectivity index (χ0v) is 13.7. The van der Waals surface area contributed by atoms with E-state index in [0.717, 1.165) is 12.8 Å². The maximum Gasteiger partial charge on any atom is 0.308 e. The molecule has 1 aromatic rings. The third-order valence-electron chi connectivity index (χ3n) is 3.82. The number of hydrogen-bond donors (Lipinski definition) is 1. The van der Waals surface area contributed by atoms with Crippen molar-refractivity contribution in [2.24, 2.45) is 0 Å². The molecule has 1 aromatic carbocycles. The minimum atomic E-state index is -1.12. The highest BCUT2D eigenvalue weighted by atomic mass is 16.6. The van der Waals surface area contributed by atoms with Gasteiger partial charge in [0.15, 0.2) is 0 Å². The van der Waals surface area contributed by atoms with Crippen LogP contribution in [0, 0.1) is 15.3 Å². The minimum absolute atomic E-state index is 0.195. The van der Waals surface area contributed by atoms with Crippen molar-refractivity contribution in [3.63, 3.8) is 0 Å². The Kier molecular flexibility index (Phi) is 7.12. The van der Waals surface area contributed by atoms with Crippen molar-refractivity contribution in [3.8, 4) is 0 Å². The zero-order chi connectivity index (χ0) is 17.5. The number of aliphatic carboxylic acids is 1. The van der Waals surface area contributed by atoms with Crippen LogP contribution >= 0.6 is 0 Å². The van der Waals surface area contributed by atoms with E-state index in [1.165, 1.54) is 12.1 Å². The van der Waals surface area contributed by atoms with E-state index >= 15 is 0 Å². The van der Waals surface area contributed by atoms with Gasteiger partial charge >= 0.3 is 5.97 Å². The Morgan fingerprint density at radius 2 is 1.83 bits per heavy atom. The van der Waals surface area contributed by atoms with Crippen molar-refractivity contribution in [2.75, 3.05) is 19.6 Å². The van der Waals surface area contributed by atoms with Crippen molar-refractivity contribution in [1.82, 2.24) is 0 Å². The first-order valence-corrected chi connectivity index (χ1v) is 7.87. The average Bonchev–Trinajstić information content (AvgIpc) is 2.45. The Bertz CT molecular complexity index is 553. The highest BCUT2D eigenvalue weighted by molar-refractivity contribution is 5.73. The summed E-state index contributed by atoms with van der Waals surface area (Å²) in [7, 11) is 0. The molecule has 0 atom stereocenters. The van der Waals surface area contributed by atoms with E-state index in [-0.39, 0.29) is 15.9 Å². The minimum Gasteiger partial charge on any atom is -0.633 e. The summed E-state index contributed by atoms with van der Waals surface area (Å²) in [6, 6.07) is 4.52. The number of rotatable bonds is 10.